The summed E-state index contributed by atoms with van der Waals surface area (Å²) >= 11 is 2.10. The number of Topliss-reactive ketones (excluding diaryl/α,β-unsaturated/α-hetero) is 1. The summed E-state index contributed by atoms with van der Waals surface area (Å²) in [5.41, 5.74) is 2.40. The van der Waals surface area contributed by atoms with E-state index in [1.807, 2.05) is 0 Å². The lowest BCUT2D eigenvalue weighted by molar-refractivity contribution is -0.122. The van der Waals surface area contributed by atoms with E-state index in [1.54, 1.807) is 0 Å². The lowest BCUT2D eigenvalue weighted by atomic mass is 9.99. The number of carbonyl (C=O) groups is 1. The highest BCUT2D eigenvalue weighted by Crippen LogP contribution is 2.14. The zero-order chi connectivity index (χ0) is 18.6. The molecule has 2 rings (SSSR count). The lowest BCUT2D eigenvalue weighted by Gasteiger charge is -2.13. The highest BCUT2D eigenvalue weighted by atomic mass is 32.2. The van der Waals surface area contributed by atoms with Crippen LogP contribution in [-0.2, 0) is 17.6 Å². The van der Waals surface area contributed by atoms with E-state index in [1.165, 1.54) is 55.6 Å². The van der Waals surface area contributed by atoms with Crippen LogP contribution in [0.3, 0.4) is 0 Å². The van der Waals surface area contributed by atoms with Gasteiger partial charge in [0.25, 0.3) is 0 Å². The van der Waals surface area contributed by atoms with Gasteiger partial charge in [0.2, 0.25) is 0 Å². The van der Waals surface area contributed by atoms with Crippen LogP contribution in [0.25, 0.3) is 0 Å². The maximum absolute atomic E-state index is 12.2. The van der Waals surface area contributed by atoms with E-state index >= 15 is 0 Å². The fourth-order valence-electron chi connectivity index (χ4n) is 3.42. The Kier molecular flexibility index (Phi) is 10.3. The molecule has 0 aliphatic carbocycles. The fourth-order valence-corrected chi connectivity index (χ4v) is 4.44. The molecule has 26 heavy (non-hydrogen) atoms. The first-order chi connectivity index (χ1) is 12.7. The van der Waals surface area contributed by atoms with Gasteiger partial charge in [-0.3, -0.25) is 4.79 Å². The van der Waals surface area contributed by atoms with E-state index in [0.29, 0.717) is 12.8 Å². The smallest absolute Gasteiger partial charge is 0.156 e. The maximum Gasteiger partial charge on any atom is 0.156 e. The number of hydrogen-bond donors (Lipinski definition) is 2. The Hall–Kier alpha value is -0.840. The number of benzene rings is 1. The second-order valence-electron chi connectivity index (χ2n) is 7.38. The number of unbranched alkanes of at least 4 members (excludes halogenated alkanes) is 4. The van der Waals surface area contributed by atoms with Gasteiger partial charge < -0.3 is 10.4 Å². The molecule has 1 fully saturated rings. The van der Waals surface area contributed by atoms with Crippen LogP contribution >= 0.6 is 11.8 Å². The average Bonchev–Trinajstić information content (AvgIpc) is 3.08. The second kappa shape index (κ2) is 12.5. The van der Waals surface area contributed by atoms with Crippen molar-refractivity contribution in [2.45, 2.75) is 76.9 Å². The van der Waals surface area contributed by atoms with Crippen molar-refractivity contribution >= 4 is 17.5 Å². The van der Waals surface area contributed by atoms with Gasteiger partial charge in [0.1, 0.15) is 0 Å². The van der Waals surface area contributed by atoms with Gasteiger partial charge in [-0.05, 0) is 61.3 Å². The van der Waals surface area contributed by atoms with Crippen molar-refractivity contribution in [3.05, 3.63) is 35.4 Å². The summed E-state index contributed by atoms with van der Waals surface area (Å²) in [5.74, 6) is 2.68. The predicted molar refractivity (Wildman–Crippen MR) is 112 cm³/mol. The molecule has 1 aliphatic heterocycles. The zero-order valence-corrected chi connectivity index (χ0v) is 17.0. The third-order valence-corrected chi connectivity index (χ3v) is 6.24. The zero-order valence-electron chi connectivity index (χ0n) is 16.2. The minimum absolute atomic E-state index is 0.0960. The van der Waals surface area contributed by atoms with Crippen LogP contribution in [0.1, 0.15) is 63.0 Å². The summed E-state index contributed by atoms with van der Waals surface area (Å²) in [4.78, 5) is 12.2. The molecule has 0 unspecified atom stereocenters. The van der Waals surface area contributed by atoms with Crippen LogP contribution in [0.4, 0.5) is 0 Å². The van der Waals surface area contributed by atoms with Crippen molar-refractivity contribution in [2.75, 3.05) is 18.1 Å². The number of aryl methyl sites for hydroxylation is 1. The van der Waals surface area contributed by atoms with Crippen molar-refractivity contribution in [1.29, 1.82) is 0 Å². The highest BCUT2D eigenvalue weighted by molar-refractivity contribution is 7.99. The molecule has 0 aromatic heterocycles. The number of aliphatic hydroxyl groups excluding tert-OH is 1. The van der Waals surface area contributed by atoms with E-state index in [0.717, 1.165) is 18.5 Å². The SMILES string of the molecule is CCCCCCSCCCCc1ccc(CC(=O)[C@H]2NCC[C@@H]2O)cc1. The van der Waals surface area contributed by atoms with Gasteiger partial charge in [-0.25, -0.2) is 0 Å². The molecule has 2 N–H and O–H groups in total. The maximum atomic E-state index is 12.2. The number of rotatable bonds is 13. The Bertz CT molecular complexity index is 517. The first-order valence-corrected chi connectivity index (χ1v) is 11.5. The molecule has 4 heteroatoms. The molecule has 1 aromatic carbocycles. The van der Waals surface area contributed by atoms with Crippen LogP contribution in [0.15, 0.2) is 24.3 Å². The fraction of sp³-hybridized carbons (Fsp3) is 0.682. The summed E-state index contributed by atoms with van der Waals surface area (Å²) < 4.78 is 0. The van der Waals surface area contributed by atoms with Crippen LogP contribution in [0.2, 0.25) is 0 Å². The normalized spacial score (nSPS) is 19.8. The Morgan fingerprint density at radius 2 is 1.77 bits per heavy atom. The first kappa shape index (κ1) is 21.5. The number of thioether (sulfide) groups is 1. The van der Waals surface area contributed by atoms with Gasteiger partial charge in [0.05, 0.1) is 12.1 Å². The molecule has 0 bridgehead atoms. The molecule has 1 heterocycles. The monoisotopic (exact) mass is 377 g/mol. The molecule has 0 amide bonds. The van der Waals surface area contributed by atoms with Crippen LogP contribution in [0, 0.1) is 0 Å². The van der Waals surface area contributed by atoms with Gasteiger partial charge in [0, 0.05) is 6.42 Å². The van der Waals surface area contributed by atoms with E-state index < -0.39 is 6.10 Å². The molecule has 0 saturated carbocycles. The molecule has 2 atom stereocenters. The van der Waals surface area contributed by atoms with Crippen molar-refractivity contribution < 1.29 is 9.90 Å². The Balaban J connectivity index is 1.58. The average molecular weight is 378 g/mol. The topological polar surface area (TPSA) is 49.3 Å². The van der Waals surface area contributed by atoms with Gasteiger partial charge in [0.15, 0.2) is 5.78 Å². The number of aliphatic hydroxyl groups is 1. The molecule has 1 aromatic rings. The second-order valence-corrected chi connectivity index (χ2v) is 8.60. The van der Waals surface area contributed by atoms with Gasteiger partial charge in [-0.1, -0.05) is 50.5 Å². The number of carbonyl (C=O) groups excluding carboxylic acids is 1. The Morgan fingerprint density at radius 3 is 2.42 bits per heavy atom. The van der Waals surface area contributed by atoms with Crippen molar-refractivity contribution in [3.8, 4) is 0 Å². The molecule has 0 spiro atoms. The van der Waals surface area contributed by atoms with Gasteiger partial charge >= 0.3 is 0 Å². The van der Waals surface area contributed by atoms with Crippen molar-refractivity contribution in [3.63, 3.8) is 0 Å². The third-order valence-electron chi connectivity index (χ3n) is 5.08. The first-order valence-electron chi connectivity index (χ1n) is 10.3. The summed E-state index contributed by atoms with van der Waals surface area (Å²) in [6.45, 7) is 2.99. The molecule has 3 nitrogen and oxygen atoms in total. The molecule has 1 saturated heterocycles. The summed E-state index contributed by atoms with van der Waals surface area (Å²) in [6, 6.07) is 8.06. The van der Waals surface area contributed by atoms with E-state index in [4.69, 9.17) is 0 Å². The van der Waals surface area contributed by atoms with Crippen LogP contribution in [-0.4, -0.2) is 41.1 Å². The number of nitrogens with one attached hydrogen (secondary N) is 1. The summed E-state index contributed by atoms with van der Waals surface area (Å²) in [7, 11) is 0. The summed E-state index contributed by atoms with van der Waals surface area (Å²) in [6.07, 6.45) is 9.63. The lowest BCUT2D eigenvalue weighted by Crippen LogP contribution is -2.39. The molecule has 146 valence electrons. The summed E-state index contributed by atoms with van der Waals surface area (Å²) in [5, 5.41) is 12.9. The number of ketones is 1. The quantitative estimate of drug-likeness (QED) is 0.507. The Labute approximate surface area is 163 Å². The molecular weight excluding hydrogens is 342 g/mol. The van der Waals surface area contributed by atoms with Gasteiger partial charge in [-0.2, -0.15) is 11.8 Å². The molecule has 0 radical (unpaired) electrons. The minimum atomic E-state index is -0.522. The van der Waals surface area contributed by atoms with Crippen LogP contribution in [0.5, 0.6) is 0 Å². The predicted octanol–water partition coefficient (Wildman–Crippen LogP) is 4.16. The van der Waals surface area contributed by atoms with Crippen molar-refractivity contribution in [2.24, 2.45) is 0 Å². The van der Waals surface area contributed by atoms with E-state index in [2.05, 4.69) is 48.3 Å². The minimum Gasteiger partial charge on any atom is -0.391 e. The van der Waals surface area contributed by atoms with Crippen LogP contribution < -0.4 is 5.32 Å². The van der Waals surface area contributed by atoms with Crippen molar-refractivity contribution in [1.82, 2.24) is 5.32 Å². The molecule has 1 aliphatic rings. The number of hydrogen-bond acceptors (Lipinski definition) is 4. The van der Waals surface area contributed by atoms with E-state index in [9.17, 15) is 9.90 Å². The third kappa shape index (κ3) is 7.81. The highest BCUT2D eigenvalue weighted by Gasteiger charge is 2.30. The molecular formula is C22H35NO2S. The standard InChI is InChI=1S/C22H35NO2S/c1-2-3-4-6-15-26-16-7-5-8-18-9-11-19(12-10-18)17-21(25)22-20(24)13-14-23-22/h9-12,20,22-24H,2-8,13-17H2,1H3/t20-,22-/m0/s1. The largest absolute Gasteiger partial charge is 0.391 e. The van der Waals surface area contributed by atoms with Gasteiger partial charge in [-0.15, -0.1) is 0 Å². The van der Waals surface area contributed by atoms with E-state index in [-0.39, 0.29) is 11.8 Å². The Morgan fingerprint density at radius 1 is 1.08 bits per heavy atom.